The summed E-state index contributed by atoms with van der Waals surface area (Å²) in [4.78, 5) is 54.6. The van der Waals surface area contributed by atoms with Crippen molar-refractivity contribution in [2.75, 3.05) is 0 Å². The second kappa shape index (κ2) is 16.7. The molecule has 4 rings (SSSR count). The summed E-state index contributed by atoms with van der Waals surface area (Å²) in [6, 6.07) is 0. The lowest BCUT2D eigenvalue weighted by Crippen LogP contribution is -2.15. The molecule has 0 fully saturated rings. The van der Waals surface area contributed by atoms with Gasteiger partial charge in [0.05, 0.1) is 0 Å². The molecular formula is C39H52N4O6. The van der Waals surface area contributed by atoms with Crippen LogP contribution in [0.5, 0.6) is 0 Å². The van der Waals surface area contributed by atoms with Crippen LogP contribution in [0, 0.1) is 13.8 Å². The molecular weight excluding hydrogens is 620 g/mol. The molecule has 0 aromatic carbocycles. The van der Waals surface area contributed by atoms with E-state index in [1.54, 1.807) is 0 Å². The Balaban J connectivity index is 1.73. The summed E-state index contributed by atoms with van der Waals surface area (Å²) in [6.07, 6.45) is 12.6. The molecule has 0 unspecified atom stereocenters. The van der Waals surface area contributed by atoms with E-state index in [1.807, 2.05) is 39.8 Å². The summed E-state index contributed by atoms with van der Waals surface area (Å²) in [5.41, 5.74) is 13.7. The van der Waals surface area contributed by atoms with Gasteiger partial charge in [-0.25, -0.2) is 0 Å². The number of amides is 2. The number of hydrogen-bond donors (Lipinski definition) is 6. The van der Waals surface area contributed by atoms with Crippen LogP contribution < -0.4 is 10.6 Å². The van der Waals surface area contributed by atoms with Crippen molar-refractivity contribution in [1.29, 1.82) is 0 Å². The third-order valence-corrected chi connectivity index (χ3v) is 10.0. The van der Waals surface area contributed by atoms with Crippen molar-refractivity contribution < 1.29 is 29.4 Å². The topological polar surface area (TPSA) is 164 Å². The van der Waals surface area contributed by atoms with Crippen LogP contribution in [0.3, 0.4) is 0 Å². The van der Waals surface area contributed by atoms with Crippen LogP contribution in [0.25, 0.3) is 12.2 Å². The summed E-state index contributed by atoms with van der Waals surface area (Å²) in [5, 5.41) is 24.3. The molecule has 0 bridgehead atoms. The van der Waals surface area contributed by atoms with E-state index >= 15 is 0 Å². The first-order chi connectivity index (χ1) is 23.4. The van der Waals surface area contributed by atoms with E-state index in [0.29, 0.717) is 19.3 Å². The zero-order valence-electron chi connectivity index (χ0n) is 29.9. The molecule has 0 atom stereocenters. The number of carboxylic acids is 2. The average molecular weight is 673 g/mol. The maximum Gasteiger partial charge on any atom is 0.303 e. The number of rotatable bonds is 18. The first-order valence-corrected chi connectivity index (χ1v) is 17.7. The van der Waals surface area contributed by atoms with Crippen LogP contribution in [0.1, 0.15) is 137 Å². The predicted molar refractivity (Wildman–Crippen MR) is 192 cm³/mol. The molecule has 0 aliphatic carbocycles. The second-order valence-electron chi connectivity index (χ2n) is 13.3. The molecule has 0 spiro atoms. The summed E-state index contributed by atoms with van der Waals surface area (Å²) >= 11 is 0. The fourth-order valence-electron chi connectivity index (χ4n) is 7.10. The van der Waals surface area contributed by atoms with Gasteiger partial charge in [-0.15, -0.1) is 0 Å². The summed E-state index contributed by atoms with van der Waals surface area (Å²) in [5.74, 6) is -1.70. The highest BCUT2D eigenvalue weighted by atomic mass is 16.4. The number of aromatic nitrogens is 2. The fraction of sp³-hybridized carbons (Fsp3) is 0.487. The molecule has 49 heavy (non-hydrogen) atoms. The van der Waals surface area contributed by atoms with Gasteiger partial charge in [0.15, 0.2) is 0 Å². The highest BCUT2D eigenvalue weighted by molar-refractivity contribution is 6.01. The largest absolute Gasteiger partial charge is 0.481 e. The number of hydrogen-bond acceptors (Lipinski definition) is 4. The van der Waals surface area contributed by atoms with Gasteiger partial charge in [0, 0.05) is 64.6 Å². The van der Waals surface area contributed by atoms with E-state index < -0.39 is 11.9 Å². The molecule has 2 amide bonds. The third-order valence-electron chi connectivity index (χ3n) is 10.0. The monoisotopic (exact) mass is 672 g/mol. The van der Waals surface area contributed by atoms with E-state index in [1.165, 1.54) is 11.1 Å². The Bertz CT molecular complexity index is 1620. The molecule has 2 aromatic rings. The first kappa shape index (κ1) is 37.2. The van der Waals surface area contributed by atoms with Gasteiger partial charge < -0.3 is 30.8 Å². The summed E-state index contributed by atoms with van der Waals surface area (Å²) in [6.45, 7) is 12.0. The van der Waals surface area contributed by atoms with Crippen molar-refractivity contribution in [3.63, 3.8) is 0 Å². The van der Waals surface area contributed by atoms with Gasteiger partial charge in [0.1, 0.15) is 0 Å². The van der Waals surface area contributed by atoms with Gasteiger partial charge in [-0.1, -0.05) is 26.7 Å². The van der Waals surface area contributed by atoms with E-state index in [4.69, 9.17) is 10.2 Å². The molecule has 2 aromatic heterocycles. The fourth-order valence-corrected chi connectivity index (χ4v) is 7.10. The van der Waals surface area contributed by atoms with Gasteiger partial charge >= 0.3 is 11.9 Å². The number of aromatic amines is 2. The van der Waals surface area contributed by atoms with Crippen LogP contribution in [0.15, 0.2) is 33.7 Å². The van der Waals surface area contributed by atoms with E-state index in [2.05, 4.69) is 34.4 Å². The minimum absolute atomic E-state index is 0.0718. The van der Waals surface area contributed by atoms with E-state index in [0.717, 1.165) is 119 Å². The molecule has 2 aliphatic heterocycles. The quantitative estimate of drug-likeness (QED) is 0.0909. The van der Waals surface area contributed by atoms with Crippen molar-refractivity contribution in [3.05, 3.63) is 78.7 Å². The van der Waals surface area contributed by atoms with Gasteiger partial charge in [-0.05, 0) is 125 Å². The van der Waals surface area contributed by atoms with Crippen molar-refractivity contribution in [3.8, 4) is 0 Å². The Kier molecular flexibility index (Phi) is 12.7. The lowest BCUT2D eigenvalue weighted by atomic mass is 9.96. The van der Waals surface area contributed by atoms with Crippen LogP contribution in [0.2, 0.25) is 0 Å². The van der Waals surface area contributed by atoms with Gasteiger partial charge in [-0.3, -0.25) is 19.2 Å². The molecule has 2 aliphatic rings. The number of H-pyrrole nitrogens is 2. The van der Waals surface area contributed by atoms with Crippen LogP contribution in [-0.4, -0.2) is 43.9 Å². The first-order valence-electron chi connectivity index (χ1n) is 17.7. The molecule has 0 saturated heterocycles. The molecule has 10 heteroatoms. The molecule has 0 radical (unpaired) electrons. The van der Waals surface area contributed by atoms with Crippen LogP contribution in [-0.2, 0) is 38.4 Å². The Morgan fingerprint density at radius 2 is 1.00 bits per heavy atom. The maximum atomic E-state index is 12.5. The van der Waals surface area contributed by atoms with E-state index in [-0.39, 0.29) is 24.7 Å². The van der Waals surface area contributed by atoms with Crippen LogP contribution >= 0.6 is 0 Å². The lowest BCUT2D eigenvalue weighted by molar-refractivity contribution is -0.138. The molecule has 6 N–H and O–H groups in total. The number of carboxylic acid groups (broad SMARTS) is 2. The van der Waals surface area contributed by atoms with Gasteiger partial charge in [0.2, 0.25) is 0 Å². The smallest absolute Gasteiger partial charge is 0.303 e. The van der Waals surface area contributed by atoms with Crippen molar-refractivity contribution in [1.82, 2.24) is 20.6 Å². The number of aliphatic carboxylic acids is 2. The molecule has 10 nitrogen and oxygen atoms in total. The normalized spacial score (nSPS) is 16.4. The number of allylic oxidation sites excluding steroid dienone is 2. The van der Waals surface area contributed by atoms with Crippen LogP contribution in [0.4, 0.5) is 0 Å². The third kappa shape index (κ3) is 8.90. The molecule has 0 saturated carbocycles. The second-order valence-corrected chi connectivity index (χ2v) is 13.3. The zero-order valence-corrected chi connectivity index (χ0v) is 29.9. The number of unbranched alkanes of at least 4 members (excludes halogenated alkanes) is 4. The SMILES string of the molecule is CCC1=C(C)C(=O)N/C1=C\c1[nH]c(Cc2[nH]c(/C=C3\NC(=O)C(C)=C3CC)c(C)c2CCCCCC(=O)O)c(CCCCCC(=O)O)c1C. The number of carbonyl (C=O) groups excluding carboxylic acids is 2. The average Bonchev–Trinajstić information content (AvgIpc) is 3.69. The molecule has 4 heterocycles. The zero-order chi connectivity index (χ0) is 35.8. The minimum atomic E-state index is -0.779. The standard InChI is InChI=1S/C39H52N4O6/c1-7-26-24(5)38(48)42-32(26)19-30-22(3)28(15-11-9-13-17-36(44)45)34(40-30)21-35-29(16-12-10-14-18-37(46)47)23(4)31(41-35)20-33-27(8-2)25(6)39(49)43-33/h19-20,40-41H,7-18,21H2,1-6H3,(H,42,48)(H,43,49)(H,44,45)(H,46,47)/b32-19-,33-20-. The van der Waals surface area contributed by atoms with Crippen molar-refractivity contribution in [2.45, 2.75) is 125 Å². The van der Waals surface area contributed by atoms with Crippen molar-refractivity contribution in [2.24, 2.45) is 0 Å². The Morgan fingerprint density at radius 3 is 1.35 bits per heavy atom. The number of nitrogens with one attached hydrogen (secondary N) is 4. The Hall–Kier alpha value is -4.60. The Labute approximate surface area is 289 Å². The van der Waals surface area contributed by atoms with Gasteiger partial charge in [-0.2, -0.15) is 0 Å². The maximum absolute atomic E-state index is 12.5. The van der Waals surface area contributed by atoms with E-state index in [9.17, 15) is 19.2 Å². The Morgan fingerprint density at radius 1 is 0.612 bits per heavy atom. The van der Waals surface area contributed by atoms with Gasteiger partial charge in [0.25, 0.3) is 11.8 Å². The van der Waals surface area contributed by atoms with Crippen molar-refractivity contribution >= 4 is 35.9 Å². The highest BCUT2D eigenvalue weighted by Gasteiger charge is 2.26. The number of carbonyl (C=O) groups is 4. The highest BCUT2D eigenvalue weighted by Crippen LogP contribution is 2.32. The summed E-state index contributed by atoms with van der Waals surface area (Å²) in [7, 11) is 0. The predicted octanol–water partition coefficient (Wildman–Crippen LogP) is 7.32. The summed E-state index contributed by atoms with van der Waals surface area (Å²) < 4.78 is 0. The molecule has 264 valence electrons. The minimum Gasteiger partial charge on any atom is -0.481 e. The lowest BCUT2D eigenvalue weighted by Gasteiger charge is -2.09.